The summed E-state index contributed by atoms with van der Waals surface area (Å²) in [6.07, 6.45) is 1.82. The van der Waals surface area contributed by atoms with E-state index in [1.165, 1.54) is 0 Å². The van der Waals surface area contributed by atoms with Crippen LogP contribution in [0.1, 0.15) is 48.2 Å². The molecule has 10 nitrogen and oxygen atoms in total. The zero-order valence-corrected chi connectivity index (χ0v) is 25.3. The number of anilines is 4. The first-order chi connectivity index (χ1) is 20.8. The van der Waals surface area contributed by atoms with E-state index < -0.39 is 6.03 Å². The zero-order valence-electron chi connectivity index (χ0n) is 24.5. The van der Waals surface area contributed by atoms with Crippen molar-refractivity contribution in [2.45, 2.75) is 26.7 Å². The molecular formula is C32H38N8O2S. The van der Waals surface area contributed by atoms with E-state index in [-0.39, 0.29) is 5.91 Å². The van der Waals surface area contributed by atoms with E-state index in [0.717, 1.165) is 60.8 Å². The van der Waals surface area contributed by atoms with Crippen LogP contribution in [0.4, 0.5) is 27.5 Å². The van der Waals surface area contributed by atoms with Crippen LogP contribution in [0.5, 0.6) is 0 Å². The molecule has 4 rings (SSSR count). The number of rotatable bonds is 11. The first-order valence-corrected chi connectivity index (χ1v) is 14.8. The van der Waals surface area contributed by atoms with Crippen molar-refractivity contribution < 1.29 is 9.59 Å². The van der Waals surface area contributed by atoms with Crippen molar-refractivity contribution in [3.05, 3.63) is 90.0 Å². The van der Waals surface area contributed by atoms with Gasteiger partial charge < -0.3 is 37.2 Å². The summed E-state index contributed by atoms with van der Waals surface area (Å²) in [5.41, 5.74) is 5.56. The fraction of sp³-hybridized carbons (Fsp3) is 0.250. The standard InChI is InChI=1S/C32H38N8O2S/c1-4-15-36-30(41)24-18-27(38-31(42)37-25-13-9-23(10-14-25)29-34-16-6-17-35-29)20-28(19-24)40-32(43)39-26-11-7-22(8-12-26)21(3)33-5-2/h7-14,18-20,33H,3-6,15-17H2,1-2H3,(H,34,35)(H,36,41)(H2,37,38,42)(H2,39,40,43). The summed E-state index contributed by atoms with van der Waals surface area (Å²) in [6, 6.07) is 19.7. The maximum atomic E-state index is 12.9. The number of urea groups is 1. The van der Waals surface area contributed by atoms with Crippen LogP contribution in [0.2, 0.25) is 0 Å². The zero-order chi connectivity index (χ0) is 30.6. The Hall–Kier alpha value is -4.90. The van der Waals surface area contributed by atoms with Gasteiger partial charge in [-0.15, -0.1) is 0 Å². The lowest BCUT2D eigenvalue weighted by atomic mass is 10.1. The molecule has 3 amide bonds. The van der Waals surface area contributed by atoms with Gasteiger partial charge in [-0.3, -0.25) is 9.79 Å². The minimum absolute atomic E-state index is 0.251. The van der Waals surface area contributed by atoms with Gasteiger partial charge in [-0.05, 0) is 92.1 Å². The number of carbonyl (C=O) groups is 2. The maximum Gasteiger partial charge on any atom is 0.323 e. The summed E-state index contributed by atoms with van der Waals surface area (Å²) < 4.78 is 0. The molecule has 0 bridgehead atoms. The van der Waals surface area contributed by atoms with Crippen LogP contribution in [0.25, 0.3) is 5.70 Å². The molecule has 11 heteroatoms. The Morgan fingerprint density at radius 3 is 2.12 bits per heavy atom. The van der Waals surface area contributed by atoms with Crippen molar-refractivity contribution >= 4 is 63.6 Å². The summed E-state index contributed by atoms with van der Waals surface area (Å²) in [5, 5.41) is 21.6. The fourth-order valence-electron chi connectivity index (χ4n) is 4.34. The Morgan fingerprint density at radius 1 is 0.837 bits per heavy atom. The molecule has 0 aliphatic carbocycles. The molecule has 224 valence electrons. The number of thiocarbonyl (C=S) groups is 1. The smallest absolute Gasteiger partial charge is 0.323 e. The molecule has 1 heterocycles. The first-order valence-electron chi connectivity index (χ1n) is 14.4. The van der Waals surface area contributed by atoms with Gasteiger partial charge in [-0.25, -0.2) is 4.79 Å². The molecule has 0 spiro atoms. The normalized spacial score (nSPS) is 12.2. The number of nitrogens with zero attached hydrogens (tertiary/aromatic N) is 1. The second-order valence-corrected chi connectivity index (χ2v) is 10.3. The van der Waals surface area contributed by atoms with Crippen LogP contribution in [0.3, 0.4) is 0 Å². The number of hydrogen-bond acceptors (Lipinski definition) is 6. The summed E-state index contributed by atoms with van der Waals surface area (Å²) in [4.78, 5) is 30.2. The van der Waals surface area contributed by atoms with Crippen LogP contribution in [0.15, 0.2) is 78.3 Å². The van der Waals surface area contributed by atoms with Gasteiger partial charge in [0.1, 0.15) is 5.84 Å². The molecule has 0 radical (unpaired) electrons. The van der Waals surface area contributed by atoms with E-state index in [1.54, 1.807) is 18.2 Å². The van der Waals surface area contributed by atoms with Crippen molar-refractivity contribution in [1.82, 2.24) is 16.0 Å². The van der Waals surface area contributed by atoms with Gasteiger partial charge in [-0.2, -0.15) is 0 Å². The van der Waals surface area contributed by atoms with Crippen LogP contribution in [-0.2, 0) is 0 Å². The molecule has 0 saturated heterocycles. The molecule has 0 unspecified atom stereocenters. The summed E-state index contributed by atoms with van der Waals surface area (Å²) in [6.45, 7) is 11.1. The van der Waals surface area contributed by atoms with E-state index in [4.69, 9.17) is 12.2 Å². The van der Waals surface area contributed by atoms with Crippen LogP contribution in [-0.4, -0.2) is 49.1 Å². The SMILES string of the molecule is C=C(NCC)c1ccc(NC(=S)Nc2cc(NC(=O)Nc3ccc(C4=NCCCN4)cc3)cc(C(=O)NCCC)c2)cc1. The first kappa shape index (κ1) is 31.0. The Kier molecular flexibility index (Phi) is 11.1. The second-order valence-electron chi connectivity index (χ2n) is 9.89. The van der Waals surface area contributed by atoms with Crippen LogP contribution < -0.4 is 37.2 Å². The molecule has 0 fully saturated rings. The van der Waals surface area contributed by atoms with Gasteiger partial charge >= 0.3 is 6.03 Å². The summed E-state index contributed by atoms with van der Waals surface area (Å²) in [7, 11) is 0. The number of carbonyl (C=O) groups excluding carboxylic acids is 2. The van der Waals surface area contributed by atoms with Gasteiger partial charge in [-0.1, -0.05) is 25.6 Å². The molecule has 0 saturated carbocycles. The van der Waals surface area contributed by atoms with Crippen molar-refractivity contribution in [1.29, 1.82) is 0 Å². The number of amides is 3. The second kappa shape index (κ2) is 15.4. The fourth-order valence-corrected chi connectivity index (χ4v) is 4.57. The van der Waals surface area contributed by atoms with E-state index in [9.17, 15) is 9.59 Å². The Bertz CT molecular complexity index is 1490. The highest BCUT2D eigenvalue weighted by Gasteiger charge is 2.13. The predicted molar refractivity (Wildman–Crippen MR) is 181 cm³/mol. The lowest BCUT2D eigenvalue weighted by Gasteiger charge is -2.16. The number of nitrogens with one attached hydrogen (secondary N) is 7. The molecule has 7 N–H and O–H groups in total. The van der Waals surface area contributed by atoms with Gasteiger partial charge in [0.25, 0.3) is 5.91 Å². The van der Waals surface area contributed by atoms with Crippen LogP contribution >= 0.6 is 12.2 Å². The highest BCUT2D eigenvalue weighted by molar-refractivity contribution is 7.80. The van der Waals surface area contributed by atoms with Crippen molar-refractivity contribution in [3.63, 3.8) is 0 Å². The third-order valence-corrected chi connectivity index (χ3v) is 6.65. The topological polar surface area (TPSA) is 131 Å². The lowest BCUT2D eigenvalue weighted by molar-refractivity contribution is 0.0953. The summed E-state index contributed by atoms with van der Waals surface area (Å²) >= 11 is 5.53. The Balaban J connectivity index is 1.43. The number of aliphatic imine (C=N–C) groups is 1. The van der Waals surface area contributed by atoms with Gasteiger partial charge in [0, 0.05) is 65.8 Å². The molecular weight excluding hydrogens is 560 g/mol. The molecule has 43 heavy (non-hydrogen) atoms. The molecule has 0 aromatic heterocycles. The number of amidine groups is 1. The monoisotopic (exact) mass is 598 g/mol. The van der Waals surface area contributed by atoms with E-state index in [0.29, 0.717) is 34.3 Å². The number of benzene rings is 3. The van der Waals surface area contributed by atoms with Crippen molar-refractivity contribution in [2.24, 2.45) is 4.99 Å². The molecule has 1 aliphatic heterocycles. The quantitative estimate of drug-likeness (QED) is 0.143. The van der Waals surface area contributed by atoms with E-state index in [1.807, 2.05) is 62.4 Å². The minimum Gasteiger partial charge on any atom is -0.385 e. The Labute approximate surface area is 257 Å². The average Bonchev–Trinajstić information content (AvgIpc) is 3.01. The predicted octanol–water partition coefficient (Wildman–Crippen LogP) is 5.60. The molecule has 3 aromatic carbocycles. The molecule has 3 aromatic rings. The van der Waals surface area contributed by atoms with Gasteiger partial charge in [0.05, 0.1) is 0 Å². The van der Waals surface area contributed by atoms with E-state index >= 15 is 0 Å². The average molecular weight is 599 g/mol. The highest BCUT2D eigenvalue weighted by atomic mass is 32.1. The third-order valence-electron chi connectivity index (χ3n) is 6.44. The molecule has 1 aliphatic rings. The highest BCUT2D eigenvalue weighted by Crippen LogP contribution is 2.21. The Morgan fingerprint density at radius 2 is 1.47 bits per heavy atom. The van der Waals surface area contributed by atoms with Gasteiger partial charge in [0.15, 0.2) is 5.11 Å². The number of hydrogen-bond donors (Lipinski definition) is 7. The third kappa shape index (κ3) is 9.30. The molecule has 0 atom stereocenters. The van der Waals surface area contributed by atoms with Crippen molar-refractivity contribution in [2.75, 3.05) is 47.4 Å². The minimum atomic E-state index is -0.446. The van der Waals surface area contributed by atoms with Crippen molar-refractivity contribution in [3.8, 4) is 0 Å². The van der Waals surface area contributed by atoms with E-state index in [2.05, 4.69) is 48.8 Å². The van der Waals surface area contributed by atoms with Crippen LogP contribution in [0, 0.1) is 0 Å². The summed E-state index contributed by atoms with van der Waals surface area (Å²) in [5.74, 6) is 0.610. The maximum absolute atomic E-state index is 12.9. The lowest BCUT2D eigenvalue weighted by Crippen LogP contribution is -2.30. The van der Waals surface area contributed by atoms with Gasteiger partial charge in [0.2, 0.25) is 0 Å². The largest absolute Gasteiger partial charge is 0.385 e.